The first-order valence-electron chi connectivity index (χ1n) is 6.97. The van der Waals surface area contributed by atoms with Gasteiger partial charge in [-0.15, -0.1) is 0 Å². The molecule has 0 unspecified atom stereocenters. The first kappa shape index (κ1) is 16.9. The van der Waals surface area contributed by atoms with Crippen LogP contribution in [0.25, 0.3) is 11.3 Å². The molecule has 1 N–H and O–H groups in total. The fraction of sp³-hybridized carbons (Fsp3) is 0.0625. The fourth-order valence-corrected chi connectivity index (χ4v) is 3.40. The molecule has 0 amide bonds. The highest BCUT2D eigenvalue weighted by Gasteiger charge is 2.22. The van der Waals surface area contributed by atoms with Crippen molar-refractivity contribution in [2.45, 2.75) is 4.90 Å². The second-order valence-corrected chi connectivity index (χ2v) is 6.62. The zero-order valence-corrected chi connectivity index (χ0v) is 13.7. The van der Waals surface area contributed by atoms with E-state index in [4.69, 9.17) is 9.26 Å². The quantitative estimate of drug-likeness (QED) is 0.748. The SMILES string of the molecule is COc1cc(-c2ccno2)ccc1S(=O)(=O)Nc1ccc(F)cc1F. The largest absolute Gasteiger partial charge is 0.495 e. The molecular formula is C16H12F2N2O4S. The van der Waals surface area contributed by atoms with Gasteiger partial charge in [0.2, 0.25) is 0 Å². The summed E-state index contributed by atoms with van der Waals surface area (Å²) in [5.74, 6) is -1.38. The molecule has 0 atom stereocenters. The maximum absolute atomic E-state index is 13.7. The van der Waals surface area contributed by atoms with Crippen LogP contribution in [-0.4, -0.2) is 20.7 Å². The van der Waals surface area contributed by atoms with E-state index in [0.717, 1.165) is 12.1 Å². The van der Waals surface area contributed by atoms with Crippen molar-refractivity contribution in [3.63, 3.8) is 0 Å². The number of nitrogens with zero attached hydrogens (tertiary/aromatic N) is 1. The number of benzene rings is 2. The van der Waals surface area contributed by atoms with Crippen molar-refractivity contribution in [1.82, 2.24) is 5.16 Å². The van der Waals surface area contributed by atoms with Crippen LogP contribution < -0.4 is 9.46 Å². The van der Waals surface area contributed by atoms with Crippen molar-refractivity contribution in [2.75, 3.05) is 11.8 Å². The Bertz CT molecular complexity index is 1000. The summed E-state index contributed by atoms with van der Waals surface area (Å²) in [4.78, 5) is -0.206. The number of sulfonamides is 1. The third kappa shape index (κ3) is 3.45. The van der Waals surface area contributed by atoms with Crippen molar-refractivity contribution in [2.24, 2.45) is 0 Å². The Morgan fingerprint density at radius 2 is 1.92 bits per heavy atom. The molecule has 2 aromatic carbocycles. The summed E-state index contributed by atoms with van der Waals surface area (Å²) >= 11 is 0. The molecular weight excluding hydrogens is 354 g/mol. The third-order valence-electron chi connectivity index (χ3n) is 3.35. The fourth-order valence-electron chi connectivity index (χ4n) is 2.18. The van der Waals surface area contributed by atoms with Gasteiger partial charge in [-0.2, -0.15) is 0 Å². The summed E-state index contributed by atoms with van der Waals surface area (Å²) in [5.41, 5.74) is 0.184. The highest BCUT2D eigenvalue weighted by atomic mass is 32.2. The van der Waals surface area contributed by atoms with Gasteiger partial charge in [-0.1, -0.05) is 5.16 Å². The van der Waals surface area contributed by atoms with Crippen LogP contribution in [0, 0.1) is 11.6 Å². The lowest BCUT2D eigenvalue weighted by Crippen LogP contribution is -2.15. The molecule has 6 nitrogen and oxygen atoms in total. The molecule has 0 aliphatic carbocycles. The summed E-state index contributed by atoms with van der Waals surface area (Å²) < 4.78 is 63.9. The predicted octanol–water partition coefficient (Wildman–Crippen LogP) is 3.43. The lowest BCUT2D eigenvalue weighted by Gasteiger charge is -2.13. The van der Waals surface area contributed by atoms with Gasteiger partial charge in [0, 0.05) is 17.7 Å². The van der Waals surface area contributed by atoms with Gasteiger partial charge in [0.05, 0.1) is 19.0 Å². The van der Waals surface area contributed by atoms with Crippen LogP contribution in [0.5, 0.6) is 5.75 Å². The monoisotopic (exact) mass is 366 g/mol. The van der Waals surface area contributed by atoms with Crippen LogP contribution >= 0.6 is 0 Å². The zero-order chi connectivity index (χ0) is 18.0. The molecule has 3 rings (SSSR count). The second kappa shape index (κ2) is 6.52. The first-order chi connectivity index (χ1) is 11.9. The molecule has 0 saturated carbocycles. The molecule has 0 radical (unpaired) electrons. The van der Waals surface area contributed by atoms with E-state index in [2.05, 4.69) is 9.88 Å². The number of ether oxygens (including phenoxy) is 1. The summed E-state index contributed by atoms with van der Waals surface area (Å²) in [5, 5.41) is 3.58. The van der Waals surface area contributed by atoms with Crippen LogP contribution in [0.2, 0.25) is 0 Å². The Labute approximate surface area is 142 Å². The molecule has 0 bridgehead atoms. The van der Waals surface area contributed by atoms with Crippen LogP contribution in [0.15, 0.2) is 58.1 Å². The molecule has 25 heavy (non-hydrogen) atoms. The minimum absolute atomic E-state index is 0.0314. The van der Waals surface area contributed by atoms with Gasteiger partial charge >= 0.3 is 0 Å². The molecule has 1 aromatic heterocycles. The Hall–Kier alpha value is -2.94. The zero-order valence-electron chi connectivity index (χ0n) is 12.9. The van der Waals surface area contributed by atoms with Gasteiger partial charge in [0.25, 0.3) is 10.0 Å². The topological polar surface area (TPSA) is 81.4 Å². The van der Waals surface area contributed by atoms with E-state index in [-0.39, 0.29) is 16.3 Å². The lowest BCUT2D eigenvalue weighted by atomic mass is 10.1. The van der Waals surface area contributed by atoms with E-state index >= 15 is 0 Å². The van der Waals surface area contributed by atoms with E-state index in [1.54, 1.807) is 6.07 Å². The van der Waals surface area contributed by atoms with Crippen LogP contribution in [0.1, 0.15) is 0 Å². The molecule has 0 aliphatic rings. The normalized spacial score (nSPS) is 11.3. The summed E-state index contributed by atoms with van der Waals surface area (Å²) in [7, 11) is -2.86. The standard InChI is InChI=1S/C16H12F2N2O4S/c1-23-15-8-10(14-6-7-19-24-14)2-5-16(15)25(21,22)20-13-4-3-11(17)9-12(13)18/h2-9,20H,1H3. The van der Waals surface area contributed by atoms with Crippen molar-refractivity contribution in [3.8, 4) is 17.1 Å². The van der Waals surface area contributed by atoms with Crippen LogP contribution in [0.4, 0.5) is 14.5 Å². The summed E-state index contributed by atoms with van der Waals surface area (Å²) in [6.07, 6.45) is 1.45. The van der Waals surface area contributed by atoms with Crippen molar-refractivity contribution in [1.29, 1.82) is 0 Å². The van der Waals surface area contributed by atoms with Crippen LogP contribution in [0.3, 0.4) is 0 Å². The lowest BCUT2D eigenvalue weighted by molar-refractivity contribution is 0.402. The maximum Gasteiger partial charge on any atom is 0.265 e. The van der Waals surface area contributed by atoms with Gasteiger partial charge in [-0.25, -0.2) is 17.2 Å². The molecule has 0 fully saturated rings. The molecule has 0 saturated heterocycles. The van der Waals surface area contributed by atoms with Gasteiger partial charge in [0.1, 0.15) is 22.3 Å². The smallest absolute Gasteiger partial charge is 0.265 e. The van der Waals surface area contributed by atoms with Gasteiger partial charge in [-0.05, 0) is 30.3 Å². The van der Waals surface area contributed by atoms with Gasteiger partial charge in [0.15, 0.2) is 5.76 Å². The molecule has 3 aromatic rings. The molecule has 1 heterocycles. The average Bonchev–Trinajstić information content (AvgIpc) is 3.11. The highest BCUT2D eigenvalue weighted by molar-refractivity contribution is 7.92. The second-order valence-electron chi connectivity index (χ2n) is 4.97. The number of rotatable bonds is 5. The molecule has 0 aliphatic heterocycles. The van der Waals surface area contributed by atoms with E-state index in [1.165, 1.54) is 31.5 Å². The minimum Gasteiger partial charge on any atom is -0.495 e. The molecule has 9 heteroatoms. The van der Waals surface area contributed by atoms with E-state index in [1.807, 2.05) is 0 Å². The highest BCUT2D eigenvalue weighted by Crippen LogP contribution is 2.31. The van der Waals surface area contributed by atoms with Crippen molar-refractivity contribution >= 4 is 15.7 Å². The first-order valence-corrected chi connectivity index (χ1v) is 8.46. The van der Waals surface area contributed by atoms with E-state index < -0.39 is 21.7 Å². The minimum atomic E-state index is -4.16. The van der Waals surface area contributed by atoms with E-state index in [9.17, 15) is 17.2 Å². The third-order valence-corrected chi connectivity index (χ3v) is 4.76. The van der Waals surface area contributed by atoms with E-state index in [0.29, 0.717) is 17.4 Å². The summed E-state index contributed by atoms with van der Waals surface area (Å²) in [6, 6.07) is 8.38. The number of nitrogens with one attached hydrogen (secondary N) is 1. The van der Waals surface area contributed by atoms with Gasteiger partial charge in [-0.3, -0.25) is 4.72 Å². The van der Waals surface area contributed by atoms with Crippen LogP contribution in [-0.2, 0) is 10.0 Å². The summed E-state index contributed by atoms with van der Waals surface area (Å²) in [6.45, 7) is 0. The number of methoxy groups -OCH3 is 1. The molecule has 130 valence electrons. The van der Waals surface area contributed by atoms with Crippen molar-refractivity contribution in [3.05, 3.63) is 60.3 Å². The Morgan fingerprint density at radius 3 is 2.56 bits per heavy atom. The Morgan fingerprint density at radius 1 is 1.12 bits per heavy atom. The number of hydrogen-bond acceptors (Lipinski definition) is 5. The predicted molar refractivity (Wildman–Crippen MR) is 85.7 cm³/mol. The Kier molecular flexibility index (Phi) is 4.41. The molecule has 0 spiro atoms. The number of aromatic nitrogens is 1. The number of hydrogen-bond donors (Lipinski definition) is 1. The number of anilines is 1. The van der Waals surface area contributed by atoms with Gasteiger partial charge < -0.3 is 9.26 Å². The average molecular weight is 366 g/mol. The maximum atomic E-state index is 13.7. The number of halogens is 2. The Balaban J connectivity index is 1.99. The van der Waals surface area contributed by atoms with Crippen molar-refractivity contribution < 1.29 is 26.5 Å².